The summed E-state index contributed by atoms with van der Waals surface area (Å²) in [5.41, 5.74) is 3.71. The van der Waals surface area contributed by atoms with Gasteiger partial charge in [0.05, 0.1) is 0 Å². The molecule has 0 fully saturated rings. The van der Waals surface area contributed by atoms with Crippen molar-refractivity contribution in [3.8, 4) is 11.1 Å². The predicted molar refractivity (Wildman–Crippen MR) is 67.5 cm³/mol. The van der Waals surface area contributed by atoms with Gasteiger partial charge in [0.25, 0.3) is 0 Å². The number of hydrogen-bond acceptors (Lipinski definition) is 0. The SMILES string of the molecule is [Se]C(=[Se])c1ccc(-c2ccccc2)cc1. The van der Waals surface area contributed by atoms with Gasteiger partial charge in [-0.1, -0.05) is 0 Å². The molecule has 1 radical (unpaired) electrons. The Morgan fingerprint density at radius 1 is 0.733 bits per heavy atom. The van der Waals surface area contributed by atoms with Crippen LogP contribution in [0.4, 0.5) is 0 Å². The maximum atomic E-state index is 2.98. The summed E-state index contributed by atoms with van der Waals surface area (Å²) in [6.07, 6.45) is 0. The molecule has 0 aromatic heterocycles. The fourth-order valence-electron chi connectivity index (χ4n) is 1.43. The summed E-state index contributed by atoms with van der Waals surface area (Å²) in [5.74, 6) is 0. The van der Waals surface area contributed by atoms with Crippen molar-refractivity contribution in [3.05, 3.63) is 60.2 Å². The predicted octanol–water partition coefficient (Wildman–Crippen LogP) is 2.17. The third kappa shape index (κ3) is 2.68. The van der Waals surface area contributed by atoms with E-state index in [0.29, 0.717) is 0 Å². The van der Waals surface area contributed by atoms with Crippen LogP contribution in [0.5, 0.6) is 0 Å². The minimum atomic E-state index is 1.11. The van der Waals surface area contributed by atoms with E-state index in [9.17, 15) is 0 Å². The van der Waals surface area contributed by atoms with Gasteiger partial charge >= 0.3 is 106 Å². The summed E-state index contributed by atoms with van der Waals surface area (Å²) in [6.45, 7) is 0. The van der Waals surface area contributed by atoms with Crippen LogP contribution in [0.3, 0.4) is 0 Å². The van der Waals surface area contributed by atoms with E-state index in [4.69, 9.17) is 0 Å². The quantitative estimate of drug-likeness (QED) is 0.743. The molecule has 0 aliphatic rings. The molecular weight excluding hydrogens is 314 g/mol. The van der Waals surface area contributed by atoms with Gasteiger partial charge in [-0.05, 0) is 0 Å². The molecule has 73 valence electrons. The van der Waals surface area contributed by atoms with E-state index in [2.05, 4.69) is 80.1 Å². The molecule has 0 bridgehead atoms. The fourth-order valence-corrected chi connectivity index (χ4v) is 2.00. The summed E-state index contributed by atoms with van der Waals surface area (Å²) >= 11 is 5.95. The molecule has 0 aliphatic heterocycles. The zero-order chi connectivity index (χ0) is 10.7. The average molecular weight is 323 g/mol. The van der Waals surface area contributed by atoms with Crippen LogP contribution in [-0.4, -0.2) is 34.9 Å². The third-order valence-corrected chi connectivity index (χ3v) is 3.22. The first kappa shape index (κ1) is 10.9. The van der Waals surface area contributed by atoms with Crippen LogP contribution in [0.25, 0.3) is 11.1 Å². The van der Waals surface area contributed by atoms with Gasteiger partial charge in [0, 0.05) is 0 Å². The topological polar surface area (TPSA) is 0 Å². The molecule has 0 unspecified atom stereocenters. The molecule has 0 heterocycles. The van der Waals surface area contributed by atoms with Crippen molar-refractivity contribution in [2.75, 3.05) is 0 Å². The Morgan fingerprint density at radius 2 is 1.27 bits per heavy atom. The molecule has 0 aliphatic carbocycles. The van der Waals surface area contributed by atoms with E-state index < -0.39 is 0 Å². The van der Waals surface area contributed by atoms with Gasteiger partial charge in [-0.25, -0.2) is 0 Å². The average Bonchev–Trinajstić information content (AvgIpc) is 2.30. The first-order valence-electron chi connectivity index (χ1n) is 4.64. The Hall–Kier alpha value is -0.651. The zero-order valence-electron chi connectivity index (χ0n) is 8.01. The van der Waals surface area contributed by atoms with E-state index in [0.717, 1.165) is 3.32 Å². The van der Waals surface area contributed by atoms with E-state index >= 15 is 0 Å². The molecule has 0 N–H and O–H groups in total. The first-order valence-corrected chi connectivity index (χ1v) is 6.35. The van der Waals surface area contributed by atoms with Crippen LogP contribution in [0.2, 0.25) is 0 Å². The second-order valence-electron chi connectivity index (χ2n) is 3.23. The first-order chi connectivity index (χ1) is 7.27. The molecule has 0 saturated carbocycles. The van der Waals surface area contributed by atoms with Gasteiger partial charge in [-0.3, -0.25) is 0 Å². The van der Waals surface area contributed by atoms with Crippen molar-refractivity contribution in [2.45, 2.75) is 0 Å². The van der Waals surface area contributed by atoms with Crippen molar-refractivity contribution < 1.29 is 0 Å². The summed E-state index contributed by atoms with van der Waals surface area (Å²) in [6, 6.07) is 18.9. The maximum absolute atomic E-state index is 2.98. The van der Waals surface area contributed by atoms with Gasteiger partial charge in [-0.2, -0.15) is 0 Å². The summed E-state index contributed by atoms with van der Waals surface area (Å²) < 4.78 is 1.11. The van der Waals surface area contributed by atoms with Crippen molar-refractivity contribution >= 4 is 34.9 Å². The van der Waals surface area contributed by atoms with Crippen LogP contribution >= 0.6 is 0 Å². The molecule has 15 heavy (non-hydrogen) atoms. The molecule has 2 aromatic rings. The normalized spacial score (nSPS) is 9.87. The van der Waals surface area contributed by atoms with E-state index in [1.54, 1.807) is 0 Å². The van der Waals surface area contributed by atoms with Crippen LogP contribution in [0.15, 0.2) is 54.6 Å². The van der Waals surface area contributed by atoms with Gasteiger partial charge in [0.15, 0.2) is 0 Å². The Balaban J connectivity index is 2.36. The number of hydrogen-bond donors (Lipinski definition) is 0. The molecular formula is C13H9Se2. The fraction of sp³-hybridized carbons (Fsp3) is 0. The molecule has 0 atom stereocenters. The second-order valence-corrected chi connectivity index (χ2v) is 6.25. The van der Waals surface area contributed by atoms with Crippen LogP contribution in [0, 0.1) is 0 Å². The van der Waals surface area contributed by atoms with Crippen molar-refractivity contribution in [3.63, 3.8) is 0 Å². The van der Waals surface area contributed by atoms with Crippen molar-refractivity contribution in [1.82, 2.24) is 0 Å². The van der Waals surface area contributed by atoms with E-state index in [-0.39, 0.29) is 0 Å². The molecule has 2 heteroatoms. The van der Waals surface area contributed by atoms with Crippen LogP contribution in [0.1, 0.15) is 5.56 Å². The summed E-state index contributed by atoms with van der Waals surface area (Å²) in [5, 5.41) is 0. The Morgan fingerprint density at radius 3 is 1.80 bits per heavy atom. The Bertz CT molecular complexity index is 458. The van der Waals surface area contributed by atoms with Crippen molar-refractivity contribution in [1.29, 1.82) is 0 Å². The van der Waals surface area contributed by atoms with Crippen LogP contribution < -0.4 is 0 Å². The molecule has 2 aromatic carbocycles. The van der Waals surface area contributed by atoms with Gasteiger partial charge in [0.2, 0.25) is 0 Å². The van der Waals surface area contributed by atoms with Gasteiger partial charge < -0.3 is 0 Å². The Labute approximate surface area is 106 Å². The van der Waals surface area contributed by atoms with E-state index in [1.165, 1.54) is 16.7 Å². The second kappa shape index (κ2) is 4.92. The number of rotatable bonds is 2. The summed E-state index contributed by atoms with van der Waals surface area (Å²) in [7, 11) is 0. The molecule has 0 spiro atoms. The van der Waals surface area contributed by atoms with Gasteiger partial charge in [0.1, 0.15) is 0 Å². The number of benzene rings is 2. The monoisotopic (exact) mass is 325 g/mol. The van der Waals surface area contributed by atoms with Crippen LogP contribution in [-0.2, 0) is 0 Å². The molecule has 2 rings (SSSR count). The minimum absolute atomic E-state index is 1.11. The standard InChI is InChI=1S/C13H9Se2/c14-13(15)12-8-6-11(7-9-12)10-4-2-1-3-5-10/h1-9H. The Kier molecular flexibility index (Phi) is 3.56. The molecule has 0 amide bonds. The third-order valence-electron chi connectivity index (χ3n) is 2.23. The van der Waals surface area contributed by atoms with E-state index in [1.807, 2.05) is 6.07 Å². The zero-order valence-corrected chi connectivity index (χ0v) is 11.4. The van der Waals surface area contributed by atoms with Gasteiger partial charge in [-0.15, -0.1) is 0 Å². The molecule has 0 saturated heterocycles. The van der Waals surface area contributed by atoms with Crippen molar-refractivity contribution in [2.24, 2.45) is 0 Å². The molecule has 0 nitrogen and oxygen atoms in total. The summed E-state index contributed by atoms with van der Waals surface area (Å²) in [4.78, 5) is 0.